The van der Waals surface area contributed by atoms with Crippen LogP contribution in [0.25, 0.3) is 0 Å². The zero-order valence-electron chi connectivity index (χ0n) is 19.4. The van der Waals surface area contributed by atoms with Crippen molar-refractivity contribution in [3.63, 3.8) is 0 Å². The number of benzene rings is 2. The number of imide groups is 1. The van der Waals surface area contributed by atoms with Gasteiger partial charge >= 0.3 is 6.03 Å². The molecule has 1 aliphatic carbocycles. The second-order valence-electron chi connectivity index (χ2n) is 8.62. The van der Waals surface area contributed by atoms with E-state index in [9.17, 15) is 14.4 Å². The van der Waals surface area contributed by atoms with Crippen molar-refractivity contribution < 1.29 is 23.9 Å². The van der Waals surface area contributed by atoms with Crippen molar-refractivity contribution >= 4 is 17.8 Å². The van der Waals surface area contributed by atoms with Gasteiger partial charge in [-0.25, -0.2) is 4.79 Å². The number of ether oxygens (including phenoxy) is 2. The van der Waals surface area contributed by atoms with Gasteiger partial charge in [0, 0.05) is 13.6 Å². The summed E-state index contributed by atoms with van der Waals surface area (Å²) < 4.78 is 10.7. The van der Waals surface area contributed by atoms with E-state index in [-0.39, 0.29) is 18.4 Å². The fourth-order valence-corrected chi connectivity index (χ4v) is 4.75. The lowest BCUT2D eigenvalue weighted by Gasteiger charge is -2.33. The number of methoxy groups -OCH3 is 2. The van der Waals surface area contributed by atoms with E-state index in [1.807, 2.05) is 43.3 Å². The summed E-state index contributed by atoms with van der Waals surface area (Å²) in [5.74, 6) is 0.508. The van der Waals surface area contributed by atoms with Crippen LogP contribution in [0.4, 0.5) is 4.79 Å². The zero-order valence-corrected chi connectivity index (χ0v) is 19.4. The van der Waals surface area contributed by atoms with Gasteiger partial charge in [0.05, 0.1) is 14.2 Å². The van der Waals surface area contributed by atoms with Gasteiger partial charge < -0.3 is 19.7 Å². The van der Waals surface area contributed by atoms with Gasteiger partial charge in [-0.2, -0.15) is 0 Å². The number of hydrogen-bond acceptors (Lipinski definition) is 5. The first kappa shape index (κ1) is 22.6. The molecular formula is C25H29N3O5. The van der Waals surface area contributed by atoms with Gasteiger partial charge in [-0.15, -0.1) is 0 Å². The normalized spacial score (nSPS) is 19.3. The minimum absolute atomic E-state index is 0.308. The Morgan fingerprint density at radius 3 is 2.58 bits per heavy atom. The van der Waals surface area contributed by atoms with Crippen LogP contribution in [0.1, 0.15) is 35.1 Å². The Morgan fingerprint density at radius 1 is 1.15 bits per heavy atom. The third kappa shape index (κ3) is 3.90. The summed E-state index contributed by atoms with van der Waals surface area (Å²) in [4.78, 5) is 41.8. The lowest BCUT2D eigenvalue weighted by atomic mass is 9.76. The summed E-state index contributed by atoms with van der Waals surface area (Å²) >= 11 is 0. The summed E-state index contributed by atoms with van der Waals surface area (Å²) in [6.07, 6.45) is 2.19. The number of hydrogen-bond donors (Lipinski definition) is 1. The minimum atomic E-state index is -1.08. The maximum atomic E-state index is 13.4. The molecular weight excluding hydrogens is 422 g/mol. The predicted molar refractivity (Wildman–Crippen MR) is 122 cm³/mol. The van der Waals surface area contributed by atoms with Crippen LogP contribution in [0.3, 0.4) is 0 Å². The molecule has 33 heavy (non-hydrogen) atoms. The first-order chi connectivity index (χ1) is 15.8. The Labute approximate surface area is 193 Å². The molecule has 0 saturated carbocycles. The molecule has 4 rings (SSSR count). The molecule has 1 fully saturated rings. The highest BCUT2D eigenvalue weighted by Gasteiger charge is 2.54. The van der Waals surface area contributed by atoms with Crippen LogP contribution in [0.2, 0.25) is 0 Å². The SMILES string of the molecule is COc1cc(C)c(CN(C)C(=O)CN2C(=O)N[C@@]3(CCCc4ccccc43)C2=O)cc1OC. The van der Waals surface area contributed by atoms with Crippen molar-refractivity contribution in [2.75, 3.05) is 27.8 Å². The average Bonchev–Trinajstić information content (AvgIpc) is 3.04. The van der Waals surface area contributed by atoms with Crippen LogP contribution in [-0.2, 0) is 28.1 Å². The van der Waals surface area contributed by atoms with Crippen molar-refractivity contribution in [2.45, 2.75) is 38.3 Å². The van der Waals surface area contributed by atoms with Gasteiger partial charge in [-0.1, -0.05) is 24.3 Å². The Balaban J connectivity index is 1.50. The number of rotatable bonds is 6. The molecule has 2 aromatic rings. The quantitative estimate of drug-likeness (QED) is 0.683. The number of nitrogens with one attached hydrogen (secondary N) is 1. The number of urea groups is 1. The predicted octanol–water partition coefficient (Wildman–Crippen LogP) is 2.75. The highest BCUT2D eigenvalue weighted by Crippen LogP contribution is 2.40. The Kier molecular flexibility index (Phi) is 6.01. The molecule has 4 amide bonds. The zero-order chi connectivity index (χ0) is 23.8. The van der Waals surface area contributed by atoms with Gasteiger partial charge in [-0.3, -0.25) is 14.5 Å². The molecule has 174 valence electrons. The topological polar surface area (TPSA) is 88.2 Å². The highest BCUT2D eigenvalue weighted by atomic mass is 16.5. The van der Waals surface area contributed by atoms with Crippen molar-refractivity contribution in [3.05, 3.63) is 58.7 Å². The van der Waals surface area contributed by atoms with E-state index in [1.165, 1.54) is 4.90 Å². The van der Waals surface area contributed by atoms with E-state index in [0.717, 1.165) is 40.0 Å². The molecule has 8 heteroatoms. The number of carbonyl (C=O) groups is 3. The van der Waals surface area contributed by atoms with E-state index in [2.05, 4.69) is 5.32 Å². The van der Waals surface area contributed by atoms with E-state index in [0.29, 0.717) is 24.5 Å². The van der Waals surface area contributed by atoms with Crippen molar-refractivity contribution in [2.24, 2.45) is 0 Å². The summed E-state index contributed by atoms with van der Waals surface area (Å²) in [7, 11) is 4.79. The molecule has 1 heterocycles. The maximum absolute atomic E-state index is 13.4. The maximum Gasteiger partial charge on any atom is 0.325 e. The van der Waals surface area contributed by atoms with Gasteiger partial charge in [0.1, 0.15) is 12.1 Å². The van der Waals surface area contributed by atoms with Gasteiger partial charge in [0.15, 0.2) is 11.5 Å². The van der Waals surface area contributed by atoms with Crippen LogP contribution in [0.5, 0.6) is 11.5 Å². The fourth-order valence-electron chi connectivity index (χ4n) is 4.75. The number of carbonyl (C=O) groups excluding carboxylic acids is 3. The molecule has 1 aliphatic heterocycles. The van der Waals surface area contributed by atoms with Gasteiger partial charge in [-0.05, 0) is 60.6 Å². The summed E-state index contributed by atoms with van der Waals surface area (Å²) in [6.45, 7) is 1.93. The molecule has 0 aromatic heterocycles. The Hall–Kier alpha value is -3.55. The van der Waals surface area contributed by atoms with E-state index >= 15 is 0 Å². The number of nitrogens with zero attached hydrogens (tertiary/aromatic N) is 2. The van der Waals surface area contributed by atoms with E-state index < -0.39 is 11.6 Å². The summed E-state index contributed by atoms with van der Waals surface area (Å²) in [5, 5.41) is 2.89. The number of fused-ring (bicyclic) bond motifs is 2. The van der Waals surface area contributed by atoms with Gasteiger partial charge in [0.25, 0.3) is 5.91 Å². The second kappa shape index (κ2) is 8.77. The molecule has 0 bridgehead atoms. The monoisotopic (exact) mass is 451 g/mol. The molecule has 1 atom stereocenters. The molecule has 2 aromatic carbocycles. The van der Waals surface area contributed by atoms with E-state index in [1.54, 1.807) is 21.3 Å². The minimum Gasteiger partial charge on any atom is -0.493 e. The standard InChI is InChI=1S/C25H29N3O5/c1-16-12-20(32-3)21(33-4)13-18(16)14-27(2)22(29)15-28-23(30)25(26-24(28)31)11-7-9-17-8-5-6-10-19(17)25/h5-6,8,10,12-13H,7,9,11,14-15H2,1-4H3,(H,26,31)/t25-/m1/s1. The number of amides is 4. The van der Waals surface area contributed by atoms with Crippen molar-refractivity contribution in [3.8, 4) is 11.5 Å². The fraction of sp³-hybridized carbons (Fsp3) is 0.400. The van der Waals surface area contributed by atoms with Crippen LogP contribution in [-0.4, -0.2) is 55.5 Å². The van der Waals surface area contributed by atoms with Crippen LogP contribution in [0, 0.1) is 6.92 Å². The molecule has 8 nitrogen and oxygen atoms in total. The smallest absolute Gasteiger partial charge is 0.325 e. The molecule has 0 radical (unpaired) electrons. The summed E-state index contributed by atoms with van der Waals surface area (Å²) in [5.41, 5.74) is 2.65. The summed E-state index contributed by atoms with van der Waals surface area (Å²) in [6, 6.07) is 10.9. The Morgan fingerprint density at radius 2 is 1.85 bits per heavy atom. The van der Waals surface area contributed by atoms with Crippen LogP contribution in [0.15, 0.2) is 36.4 Å². The lowest BCUT2D eigenvalue weighted by molar-refractivity contribution is -0.139. The average molecular weight is 452 g/mol. The first-order valence-electron chi connectivity index (χ1n) is 11.0. The first-order valence-corrected chi connectivity index (χ1v) is 11.0. The number of likely N-dealkylation sites (N-methyl/N-ethyl adjacent to an activating group) is 1. The Bertz CT molecular complexity index is 1120. The molecule has 1 N–H and O–H groups in total. The van der Waals surface area contributed by atoms with Gasteiger partial charge in [0.2, 0.25) is 5.91 Å². The van der Waals surface area contributed by atoms with E-state index in [4.69, 9.17) is 9.47 Å². The third-order valence-corrected chi connectivity index (χ3v) is 6.62. The van der Waals surface area contributed by atoms with Crippen LogP contribution >= 0.6 is 0 Å². The number of aryl methyl sites for hydroxylation is 2. The van der Waals surface area contributed by atoms with Crippen molar-refractivity contribution in [1.82, 2.24) is 15.1 Å². The molecule has 1 spiro atoms. The highest BCUT2D eigenvalue weighted by molar-refractivity contribution is 6.09. The largest absolute Gasteiger partial charge is 0.493 e. The van der Waals surface area contributed by atoms with Crippen molar-refractivity contribution in [1.29, 1.82) is 0 Å². The van der Waals surface area contributed by atoms with Crippen LogP contribution < -0.4 is 14.8 Å². The molecule has 1 saturated heterocycles. The molecule has 0 unspecified atom stereocenters. The third-order valence-electron chi connectivity index (χ3n) is 6.62. The second-order valence-corrected chi connectivity index (χ2v) is 8.62. The molecule has 2 aliphatic rings. The lowest BCUT2D eigenvalue weighted by Crippen LogP contribution is -2.47.